The van der Waals surface area contributed by atoms with E-state index in [0.717, 1.165) is 13.1 Å². The molecule has 0 saturated carbocycles. The minimum absolute atomic E-state index is 0.0801. The summed E-state index contributed by atoms with van der Waals surface area (Å²) in [5, 5.41) is 7.04. The molecule has 2 aromatic rings. The van der Waals surface area contributed by atoms with Crippen LogP contribution in [0.5, 0.6) is 0 Å². The summed E-state index contributed by atoms with van der Waals surface area (Å²) in [4.78, 5) is 15.3. The van der Waals surface area contributed by atoms with Crippen molar-refractivity contribution in [3.05, 3.63) is 40.4 Å². The van der Waals surface area contributed by atoms with Crippen LogP contribution in [0.25, 0.3) is 11.3 Å². The van der Waals surface area contributed by atoms with Crippen molar-refractivity contribution < 1.29 is 13.7 Å². The molecular weight excluding hydrogens is 369 g/mol. The van der Waals surface area contributed by atoms with E-state index >= 15 is 0 Å². The molecule has 1 aliphatic heterocycles. The zero-order chi connectivity index (χ0) is 19.6. The van der Waals surface area contributed by atoms with Gasteiger partial charge in [-0.15, -0.1) is 0 Å². The van der Waals surface area contributed by atoms with E-state index in [4.69, 9.17) is 16.1 Å². The number of likely N-dealkylation sites (tertiary alicyclic amines) is 1. The lowest BCUT2D eigenvalue weighted by atomic mass is 9.98. The molecule has 0 radical (unpaired) electrons. The van der Waals surface area contributed by atoms with Gasteiger partial charge in [0.2, 0.25) is 0 Å². The van der Waals surface area contributed by atoms with Crippen molar-refractivity contribution in [2.75, 3.05) is 19.6 Å². The second-order valence-corrected chi connectivity index (χ2v) is 8.01. The smallest absolute Gasteiger partial charge is 0.257 e. The first-order valence-corrected chi connectivity index (χ1v) is 9.63. The Balaban J connectivity index is 1.81. The second-order valence-electron chi connectivity index (χ2n) is 7.60. The molecule has 1 N–H and O–H groups in total. The summed E-state index contributed by atoms with van der Waals surface area (Å²) in [6, 6.07) is 4.35. The highest BCUT2D eigenvalue weighted by Gasteiger charge is 2.30. The molecular formula is C20H25ClFN3O2. The summed E-state index contributed by atoms with van der Waals surface area (Å²) in [6.07, 6.45) is 3.61. The number of halogens is 2. The van der Waals surface area contributed by atoms with Crippen LogP contribution in [0.3, 0.4) is 0 Å². The van der Waals surface area contributed by atoms with Gasteiger partial charge in [-0.1, -0.05) is 29.2 Å². The molecule has 0 aliphatic carbocycles. The molecule has 1 aromatic heterocycles. The lowest BCUT2D eigenvalue weighted by Gasteiger charge is -2.41. The number of amides is 1. The summed E-state index contributed by atoms with van der Waals surface area (Å²) < 4.78 is 19.5. The molecule has 0 atom stereocenters. The molecule has 1 aliphatic rings. The monoisotopic (exact) mass is 393 g/mol. The standard InChI is InChI=1S/C20H25ClFN3O2/c1-13-16(18(24-27-13)17-14(21)8-7-9-15(17)22)19(26)23-12-20(2,3)25-10-5-4-6-11-25/h7-9H,4-6,10-12H2,1-3H3,(H,23,26). The number of benzene rings is 1. The summed E-state index contributed by atoms with van der Waals surface area (Å²) in [6.45, 7) is 8.41. The van der Waals surface area contributed by atoms with Gasteiger partial charge < -0.3 is 9.84 Å². The molecule has 146 valence electrons. The van der Waals surface area contributed by atoms with E-state index in [-0.39, 0.29) is 33.3 Å². The number of carbonyl (C=O) groups is 1. The topological polar surface area (TPSA) is 58.4 Å². The SMILES string of the molecule is Cc1onc(-c2c(F)cccc2Cl)c1C(=O)NCC(C)(C)N1CCCCC1. The van der Waals surface area contributed by atoms with Gasteiger partial charge in [-0.3, -0.25) is 9.69 Å². The zero-order valence-corrected chi connectivity index (χ0v) is 16.7. The zero-order valence-electron chi connectivity index (χ0n) is 15.9. The highest BCUT2D eigenvalue weighted by atomic mass is 35.5. The quantitative estimate of drug-likeness (QED) is 0.816. The third kappa shape index (κ3) is 4.17. The molecule has 1 amide bonds. The van der Waals surface area contributed by atoms with Gasteiger partial charge in [-0.05, 0) is 58.8 Å². The van der Waals surface area contributed by atoms with Gasteiger partial charge in [0, 0.05) is 12.1 Å². The Morgan fingerprint density at radius 1 is 1.33 bits per heavy atom. The molecule has 3 rings (SSSR count). The highest BCUT2D eigenvalue weighted by Crippen LogP contribution is 2.33. The van der Waals surface area contributed by atoms with Crippen molar-refractivity contribution in [3.63, 3.8) is 0 Å². The first-order chi connectivity index (χ1) is 12.8. The molecule has 0 unspecified atom stereocenters. The Hall–Kier alpha value is -1.92. The van der Waals surface area contributed by atoms with Crippen molar-refractivity contribution in [1.29, 1.82) is 0 Å². The van der Waals surface area contributed by atoms with Gasteiger partial charge >= 0.3 is 0 Å². The van der Waals surface area contributed by atoms with Crippen molar-refractivity contribution in [2.45, 2.75) is 45.6 Å². The Kier molecular flexibility index (Phi) is 5.86. The Bertz CT molecular complexity index is 808. The van der Waals surface area contributed by atoms with Crippen LogP contribution < -0.4 is 5.32 Å². The number of carbonyl (C=O) groups excluding carboxylic acids is 1. The van der Waals surface area contributed by atoms with Gasteiger partial charge in [0.25, 0.3) is 5.91 Å². The maximum absolute atomic E-state index is 14.3. The molecule has 0 spiro atoms. The first kappa shape index (κ1) is 19.8. The van der Waals surface area contributed by atoms with Crippen LogP contribution in [0.2, 0.25) is 5.02 Å². The molecule has 7 heteroatoms. The third-order valence-electron chi connectivity index (χ3n) is 5.18. The van der Waals surface area contributed by atoms with Crippen molar-refractivity contribution in [2.24, 2.45) is 0 Å². The van der Waals surface area contributed by atoms with Crippen LogP contribution in [0.4, 0.5) is 4.39 Å². The van der Waals surface area contributed by atoms with Crippen molar-refractivity contribution in [3.8, 4) is 11.3 Å². The van der Waals surface area contributed by atoms with Crippen LogP contribution in [0, 0.1) is 12.7 Å². The summed E-state index contributed by atoms with van der Waals surface area (Å²) >= 11 is 6.14. The Morgan fingerprint density at radius 2 is 2.04 bits per heavy atom. The molecule has 0 bridgehead atoms. The normalized spacial score (nSPS) is 15.7. The predicted molar refractivity (Wildman–Crippen MR) is 103 cm³/mol. The molecule has 5 nitrogen and oxygen atoms in total. The number of aromatic nitrogens is 1. The largest absolute Gasteiger partial charge is 0.360 e. The van der Waals surface area contributed by atoms with E-state index in [9.17, 15) is 9.18 Å². The summed E-state index contributed by atoms with van der Waals surface area (Å²) in [5.41, 5.74) is 0.258. The van der Waals surface area contributed by atoms with E-state index in [0.29, 0.717) is 12.3 Å². The number of aryl methyl sites for hydroxylation is 1. The van der Waals surface area contributed by atoms with Crippen molar-refractivity contribution >= 4 is 17.5 Å². The van der Waals surface area contributed by atoms with Gasteiger partial charge in [-0.2, -0.15) is 0 Å². The number of hydrogen-bond donors (Lipinski definition) is 1. The van der Waals surface area contributed by atoms with Crippen LogP contribution in [0.1, 0.15) is 49.2 Å². The molecule has 1 saturated heterocycles. The van der Waals surface area contributed by atoms with Gasteiger partial charge in [-0.25, -0.2) is 4.39 Å². The molecule has 2 heterocycles. The van der Waals surface area contributed by atoms with Crippen LogP contribution in [-0.4, -0.2) is 41.1 Å². The Labute approximate surface area is 163 Å². The maximum atomic E-state index is 14.3. The van der Waals surface area contributed by atoms with Crippen LogP contribution in [0.15, 0.2) is 22.7 Å². The fourth-order valence-electron chi connectivity index (χ4n) is 3.53. The maximum Gasteiger partial charge on any atom is 0.257 e. The van der Waals surface area contributed by atoms with Gasteiger partial charge in [0.15, 0.2) is 0 Å². The lowest BCUT2D eigenvalue weighted by Crippen LogP contribution is -2.53. The number of piperidine rings is 1. The number of nitrogens with one attached hydrogen (secondary N) is 1. The highest BCUT2D eigenvalue weighted by molar-refractivity contribution is 6.33. The van der Waals surface area contributed by atoms with E-state index < -0.39 is 5.82 Å². The second kappa shape index (κ2) is 7.98. The van der Waals surface area contributed by atoms with E-state index in [1.54, 1.807) is 13.0 Å². The minimum atomic E-state index is -0.543. The predicted octanol–water partition coefficient (Wildman–Crippen LogP) is 4.44. The average Bonchev–Trinajstić information content (AvgIpc) is 3.02. The number of nitrogens with zero attached hydrogens (tertiary/aromatic N) is 2. The molecule has 27 heavy (non-hydrogen) atoms. The first-order valence-electron chi connectivity index (χ1n) is 9.25. The van der Waals surface area contributed by atoms with E-state index in [1.165, 1.54) is 31.4 Å². The molecule has 1 fully saturated rings. The van der Waals surface area contributed by atoms with Crippen LogP contribution in [-0.2, 0) is 0 Å². The van der Waals surface area contributed by atoms with Crippen LogP contribution >= 0.6 is 11.6 Å². The summed E-state index contributed by atoms with van der Waals surface area (Å²) in [5.74, 6) is -0.552. The minimum Gasteiger partial charge on any atom is -0.360 e. The fraction of sp³-hybridized carbons (Fsp3) is 0.500. The van der Waals surface area contributed by atoms with Gasteiger partial charge in [0.1, 0.15) is 22.8 Å². The summed E-state index contributed by atoms with van der Waals surface area (Å²) in [7, 11) is 0. The van der Waals surface area contributed by atoms with E-state index in [1.807, 2.05) is 0 Å². The van der Waals surface area contributed by atoms with Gasteiger partial charge in [0.05, 0.1) is 10.6 Å². The van der Waals surface area contributed by atoms with Crippen molar-refractivity contribution in [1.82, 2.24) is 15.4 Å². The number of rotatable bonds is 5. The average molecular weight is 394 g/mol. The number of hydrogen-bond acceptors (Lipinski definition) is 4. The fourth-order valence-corrected chi connectivity index (χ4v) is 3.78. The molecule has 1 aromatic carbocycles. The lowest BCUT2D eigenvalue weighted by molar-refractivity contribution is 0.0797. The third-order valence-corrected chi connectivity index (χ3v) is 5.50. The van der Waals surface area contributed by atoms with E-state index in [2.05, 4.69) is 29.2 Å². The Morgan fingerprint density at radius 3 is 2.70 bits per heavy atom.